The third-order valence-electron chi connectivity index (χ3n) is 2.24. The van der Waals surface area contributed by atoms with Crippen LogP contribution < -0.4 is 5.32 Å². The standard InChI is InChI=1S/C11H11ClF3NO4S/c12-21(18,19)7-1-2-8(9(13)5-7)11(17)16-3-4-20-6-10(14)15/h1-2,5,10H,3-4,6H2,(H,16,17). The fraction of sp³-hybridized carbons (Fsp3) is 0.364. The number of carbonyl (C=O) groups is 1. The van der Waals surface area contributed by atoms with Crippen LogP contribution in [0.25, 0.3) is 0 Å². The summed E-state index contributed by atoms with van der Waals surface area (Å²) in [4.78, 5) is 11.1. The predicted octanol–water partition coefficient (Wildman–Crippen LogP) is 1.76. The first-order chi connectivity index (χ1) is 9.71. The highest BCUT2D eigenvalue weighted by atomic mass is 35.7. The van der Waals surface area contributed by atoms with Crippen LogP contribution in [-0.2, 0) is 13.8 Å². The van der Waals surface area contributed by atoms with Gasteiger partial charge >= 0.3 is 0 Å². The summed E-state index contributed by atoms with van der Waals surface area (Å²) in [6, 6.07) is 2.55. The van der Waals surface area contributed by atoms with Crippen LogP contribution in [0.3, 0.4) is 0 Å². The van der Waals surface area contributed by atoms with E-state index in [-0.39, 0.29) is 13.2 Å². The van der Waals surface area contributed by atoms with Gasteiger partial charge in [-0.25, -0.2) is 21.6 Å². The zero-order valence-electron chi connectivity index (χ0n) is 10.5. The maximum Gasteiger partial charge on any atom is 0.261 e. The molecule has 0 saturated carbocycles. The van der Waals surface area contributed by atoms with E-state index in [2.05, 4.69) is 10.1 Å². The predicted molar refractivity (Wildman–Crippen MR) is 68.6 cm³/mol. The highest BCUT2D eigenvalue weighted by Crippen LogP contribution is 2.18. The van der Waals surface area contributed by atoms with Gasteiger partial charge in [0.1, 0.15) is 12.4 Å². The van der Waals surface area contributed by atoms with Gasteiger partial charge < -0.3 is 10.1 Å². The number of hydrogen-bond donors (Lipinski definition) is 1. The van der Waals surface area contributed by atoms with E-state index in [1.807, 2.05) is 0 Å². The van der Waals surface area contributed by atoms with Crippen LogP contribution in [-0.4, -0.2) is 40.5 Å². The first-order valence-electron chi connectivity index (χ1n) is 5.60. The number of amides is 1. The van der Waals surface area contributed by atoms with Gasteiger partial charge in [-0.2, -0.15) is 0 Å². The Morgan fingerprint density at radius 2 is 2.05 bits per heavy atom. The van der Waals surface area contributed by atoms with E-state index >= 15 is 0 Å². The summed E-state index contributed by atoms with van der Waals surface area (Å²) >= 11 is 0. The minimum absolute atomic E-state index is 0.0967. The molecule has 10 heteroatoms. The second kappa shape index (κ2) is 7.62. The largest absolute Gasteiger partial charge is 0.374 e. The Labute approximate surface area is 123 Å². The fourth-order valence-electron chi connectivity index (χ4n) is 1.34. The molecule has 0 aliphatic heterocycles. The summed E-state index contributed by atoms with van der Waals surface area (Å²) in [6.07, 6.45) is -2.61. The molecule has 0 heterocycles. The molecule has 0 aromatic heterocycles. The van der Waals surface area contributed by atoms with E-state index in [4.69, 9.17) is 10.7 Å². The van der Waals surface area contributed by atoms with Crippen molar-refractivity contribution in [3.63, 3.8) is 0 Å². The summed E-state index contributed by atoms with van der Waals surface area (Å²) in [6.45, 7) is -1.01. The topological polar surface area (TPSA) is 72.5 Å². The molecule has 21 heavy (non-hydrogen) atoms. The third kappa shape index (κ3) is 5.90. The van der Waals surface area contributed by atoms with Gasteiger partial charge in [0.15, 0.2) is 0 Å². The van der Waals surface area contributed by atoms with E-state index in [9.17, 15) is 26.4 Å². The molecular formula is C11H11ClF3NO4S. The van der Waals surface area contributed by atoms with Crippen molar-refractivity contribution in [3.8, 4) is 0 Å². The summed E-state index contributed by atoms with van der Waals surface area (Å²) < 4.78 is 63.6. The van der Waals surface area contributed by atoms with Gasteiger partial charge in [-0.15, -0.1) is 0 Å². The van der Waals surface area contributed by atoms with Crippen molar-refractivity contribution in [1.29, 1.82) is 0 Å². The van der Waals surface area contributed by atoms with Crippen molar-refractivity contribution in [3.05, 3.63) is 29.6 Å². The smallest absolute Gasteiger partial charge is 0.261 e. The number of ether oxygens (including phenoxy) is 1. The zero-order chi connectivity index (χ0) is 16.0. The second-order valence-electron chi connectivity index (χ2n) is 3.80. The number of carbonyl (C=O) groups excluding carboxylic acids is 1. The van der Waals surface area contributed by atoms with Crippen LogP contribution in [0.2, 0.25) is 0 Å². The van der Waals surface area contributed by atoms with E-state index in [1.54, 1.807) is 0 Å². The first-order valence-corrected chi connectivity index (χ1v) is 7.91. The highest BCUT2D eigenvalue weighted by molar-refractivity contribution is 8.13. The molecule has 0 spiro atoms. The van der Waals surface area contributed by atoms with Crippen molar-refractivity contribution >= 4 is 25.6 Å². The lowest BCUT2D eigenvalue weighted by Crippen LogP contribution is -2.28. The first kappa shape index (κ1) is 17.7. The molecule has 0 unspecified atom stereocenters. The number of halogens is 4. The van der Waals surface area contributed by atoms with Crippen LogP contribution >= 0.6 is 10.7 Å². The van der Waals surface area contributed by atoms with E-state index in [0.29, 0.717) is 6.07 Å². The summed E-state index contributed by atoms with van der Waals surface area (Å²) in [5.74, 6) is -1.89. The van der Waals surface area contributed by atoms with Gasteiger partial charge in [-0.05, 0) is 18.2 Å². The van der Waals surface area contributed by atoms with Gasteiger partial charge in [0.05, 0.1) is 17.1 Å². The van der Waals surface area contributed by atoms with Crippen molar-refractivity contribution in [2.45, 2.75) is 11.3 Å². The summed E-state index contributed by atoms with van der Waals surface area (Å²) in [5.41, 5.74) is -0.395. The van der Waals surface area contributed by atoms with Crippen LogP contribution in [0.1, 0.15) is 10.4 Å². The van der Waals surface area contributed by atoms with Crippen LogP contribution in [0.5, 0.6) is 0 Å². The Bertz CT molecular complexity index is 609. The molecule has 0 fully saturated rings. The molecule has 118 valence electrons. The lowest BCUT2D eigenvalue weighted by molar-refractivity contribution is 0.0188. The number of hydrogen-bond acceptors (Lipinski definition) is 4. The molecule has 0 bridgehead atoms. The lowest BCUT2D eigenvalue weighted by Gasteiger charge is -2.07. The molecular weight excluding hydrogens is 335 g/mol. The van der Waals surface area contributed by atoms with Gasteiger partial charge in [0.25, 0.3) is 21.4 Å². The molecule has 1 N–H and O–H groups in total. The molecule has 1 rings (SSSR count). The zero-order valence-corrected chi connectivity index (χ0v) is 12.1. The van der Waals surface area contributed by atoms with Crippen molar-refractivity contribution < 1.29 is 31.1 Å². The van der Waals surface area contributed by atoms with E-state index < -0.39 is 44.3 Å². The average Bonchev–Trinajstić information content (AvgIpc) is 2.36. The molecule has 0 atom stereocenters. The Morgan fingerprint density at radius 3 is 2.57 bits per heavy atom. The number of rotatable bonds is 7. The SMILES string of the molecule is O=C(NCCOCC(F)F)c1ccc(S(=O)(=O)Cl)cc1F. The molecule has 1 aromatic rings. The van der Waals surface area contributed by atoms with Crippen molar-refractivity contribution in [1.82, 2.24) is 5.32 Å². The van der Waals surface area contributed by atoms with E-state index in [0.717, 1.165) is 12.1 Å². The summed E-state index contributed by atoms with van der Waals surface area (Å²) in [5, 5.41) is 2.24. The third-order valence-corrected chi connectivity index (χ3v) is 3.59. The van der Waals surface area contributed by atoms with E-state index in [1.165, 1.54) is 0 Å². The maximum atomic E-state index is 13.6. The Balaban J connectivity index is 2.59. The minimum atomic E-state index is -4.09. The van der Waals surface area contributed by atoms with Crippen LogP contribution in [0.4, 0.5) is 13.2 Å². The molecule has 1 aromatic carbocycles. The summed E-state index contributed by atoms with van der Waals surface area (Å²) in [7, 11) is 0.943. The average molecular weight is 346 g/mol. The maximum absolute atomic E-state index is 13.6. The quantitative estimate of drug-likeness (QED) is 0.604. The highest BCUT2D eigenvalue weighted by Gasteiger charge is 2.16. The normalized spacial score (nSPS) is 11.7. The Morgan fingerprint density at radius 1 is 1.38 bits per heavy atom. The second-order valence-corrected chi connectivity index (χ2v) is 6.37. The number of benzene rings is 1. The van der Waals surface area contributed by atoms with Crippen LogP contribution in [0, 0.1) is 5.82 Å². The minimum Gasteiger partial charge on any atom is -0.374 e. The molecule has 0 saturated heterocycles. The van der Waals surface area contributed by atoms with Crippen molar-refractivity contribution in [2.75, 3.05) is 19.8 Å². The molecule has 1 amide bonds. The molecule has 5 nitrogen and oxygen atoms in total. The van der Waals surface area contributed by atoms with Gasteiger partial charge in [-0.3, -0.25) is 4.79 Å². The number of nitrogens with one attached hydrogen (secondary N) is 1. The molecule has 0 radical (unpaired) electrons. The van der Waals surface area contributed by atoms with Gasteiger partial charge in [0.2, 0.25) is 0 Å². The fourth-order valence-corrected chi connectivity index (χ4v) is 2.10. The molecule has 0 aliphatic carbocycles. The van der Waals surface area contributed by atoms with Gasteiger partial charge in [0, 0.05) is 17.2 Å². The Hall–Kier alpha value is -1.32. The number of alkyl halides is 2. The van der Waals surface area contributed by atoms with Crippen LogP contribution in [0.15, 0.2) is 23.1 Å². The van der Waals surface area contributed by atoms with Gasteiger partial charge in [-0.1, -0.05) is 0 Å². The Kier molecular flexibility index (Phi) is 6.43. The molecule has 0 aliphatic rings. The van der Waals surface area contributed by atoms with Crippen molar-refractivity contribution in [2.24, 2.45) is 0 Å². The monoisotopic (exact) mass is 345 g/mol. The lowest BCUT2D eigenvalue weighted by atomic mass is 10.2.